The number of aromatic nitrogens is 2. The minimum Gasteiger partial charge on any atom is -0.494 e. The molecule has 0 unspecified atom stereocenters. The maximum atomic E-state index is 5.24. The van der Waals surface area contributed by atoms with Crippen LogP contribution in [0.1, 0.15) is 6.92 Å². The largest absolute Gasteiger partial charge is 0.494 e. The first-order valence-electron chi connectivity index (χ1n) is 4.25. The summed E-state index contributed by atoms with van der Waals surface area (Å²) in [5.74, 6) is 0.830. The normalized spacial score (nSPS) is 10.6. The lowest BCUT2D eigenvalue weighted by atomic mass is 10.3. The van der Waals surface area contributed by atoms with Gasteiger partial charge in [-0.15, -0.1) is 0 Å². The van der Waals surface area contributed by atoms with E-state index in [1.54, 1.807) is 7.11 Å². The fourth-order valence-corrected chi connectivity index (χ4v) is 1.43. The highest BCUT2D eigenvalue weighted by atomic mass is 16.5. The lowest BCUT2D eigenvalue weighted by molar-refractivity contribution is 0.417. The van der Waals surface area contributed by atoms with Crippen LogP contribution in [0, 0.1) is 6.07 Å². The fraction of sp³-hybridized carbons (Fsp3) is 0.300. The van der Waals surface area contributed by atoms with Crippen LogP contribution in [0.15, 0.2) is 18.5 Å². The molecule has 1 aromatic carbocycles. The summed E-state index contributed by atoms with van der Waals surface area (Å²) >= 11 is 0. The highest BCUT2D eigenvalue weighted by molar-refractivity contribution is 5.81. The van der Waals surface area contributed by atoms with Gasteiger partial charge in [0.2, 0.25) is 0 Å². The number of hydrogen-bond donors (Lipinski definition) is 0. The molecule has 3 nitrogen and oxygen atoms in total. The second-order valence-electron chi connectivity index (χ2n) is 2.79. The van der Waals surface area contributed by atoms with E-state index in [1.807, 2.05) is 18.5 Å². The molecule has 0 aliphatic carbocycles. The molecule has 67 valence electrons. The summed E-state index contributed by atoms with van der Waals surface area (Å²) in [6, 6.07) is 6.69. The molecule has 0 bridgehead atoms. The topological polar surface area (TPSA) is 27.1 Å². The summed E-state index contributed by atoms with van der Waals surface area (Å²) in [6.45, 7) is 2.98. The Hall–Kier alpha value is -1.51. The molecule has 0 aliphatic rings. The molecule has 1 heterocycles. The van der Waals surface area contributed by atoms with Crippen LogP contribution < -0.4 is 4.74 Å². The standard InChI is InChI=1S/C10H11N2O/c1-3-12-7-11-8-5-4-6-9(13-2)10(8)12/h5-7H,3H2,1-2H3. The van der Waals surface area contributed by atoms with Crippen LogP contribution in [0.2, 0.25) is 0 Å². The second-order valence-corrected chi connectivity index (χ2v) is 2.79. The lowest BCUT2D eigenvalue weighted by Gasteiger charge is -2.04. The molecule has 0 spiro atoms. The molecule has 0 N–H and O–H groups in total. The molecule has 1 aromatic heterocycles. The summed E-state index contributed by atoms with van der Waals surface area (Å²) in [4.78, 5) is 4.25. The molecule has 0 atom stereocenters. The van der Waals surface area contributed by atoms with Gasteiger partial charge in [-0.2, -0.15) is 0 Å². The first-order chi connectivity index (χ1) is 6.36. The molecule has 0 amide bonds. The van der Waals surface area contributed by atoms with Crippen molar-refractivity contribution in [3.63, 3.8) is 0 Å². The van der Waals surface area contributed by atoms with Gasteiger partial charge in [-0.25, -0.2) is 4.98 Å². The van der Waals surface area contributed by atoms with Crippen molar-refractivity contribution in [1.82, 2.24) is 9.55 Å². The second kappa shape index (κ2) is 3.09. The molecule has 1 radical (unpaired) electrons. The Bertz CT molecular complexity index is 420. The zero-order valence-electron chi connectivity index (χ0n) is 7.74. The van der Waals surface area contributed by atoms with Crippen LogP contribution >= 0.6 is 0 Å². The van der Waals surface area contributed by atoms with E-state index in [1.165, 1.54) is 0 Å². The molecule has 3 heteroatoms. The number of ether oxygens (including phenoxy) is 1. The Kier molecular flexibility index (Phi) is 1.93. The van der Waals surface area contributed by atoms with Gasteiger partial charge in [0.05, 0.1) is 19.0 Å². The molecule has 2 rings (SSSR count). The van der Waals surface area contributed by atoms with Crippen molar-refractivity contribution in [2.75, 3.05) is 7.11 Å². The number of rotatable bonds is 2. The molecular weight excluding hydrogens is 164 g/mol. The van der Waals surface area contributed by atoms with Gasteiger partial charge in [-0.3, -0.25) is 0 Å². The molecule has 0 saturated carbocycles. The zero-order valence-corrected chi connectivity index (χ0v) is 7.74. The van der Waals surface area contributed by atoms with Crippen LogP contribution in [-0.2, 0) is 6.54 Å². The molecule has 0 fully saturated rings. The molecule has 0 saturated heterocycles. The van der Waals surface area contributed by atoms with Crippen molar-refractivity contribution < 1.29 is 4.74 Å². The number of nitrogens with zero attached hydrogens (tertiary/aromatic N) is 2. The molecule has 2 aromatic rings. The van der Waals surface area contributed by atoms with E-state index in [0.717, 1.165) is 23.3 Å². The van der Waals surface area contributed by atoms with E-state index in [4.69, 9.17) is 4.74 Å². The Balaban J connectivity index is 2.76. The predicted octanol–water partition coefficient (Wildman–Crippen LogP) is 1.86. The van der Waals surface area contributed by atoms with Gasteiger partial charge in [-0.05, 0) is 25.1 Å². The summed E-state index contributed by atoms with van der Waals surface area (Å²) in [5.41, 5.74) is 1.98. The highest BCUT2D eigenvalue weighted by Gasteiger charge is 2.06. The third kappa shape index (κ3) is 1.16. The van der Waals surface area contributed by atoms with Gasteiger partial charge in [0, 0.05) is 6.54 Å². The van der Waals surface area contributed by atoms with E-state index >= 15 is 0 Å². The van der Waals surface area contributed by atoms with Crippen molar-refractivity contribution in [2.45, 2.75) is 13.5 Å². The average molecular weight is 175 g/mol. The van der Waals surface area contributed by atoms with Gasteiger partial charge >= 0.3 is 0 Å². The van der Waals surface area contributed by atoms with Crippen LogP contribution in [0.3, 0.4) is 0 Å². The van der Waals surface area contributed by atoms with Crippen molar-refractivity contribution in [2.24, 2.45) is 0 Å². The third-order valence-electron chi connectivity index (χ3n) is 2.09. The van der Waals surface area contributed by atoms with E-state index in [2.05, 4.69) is 22.5 Å². The number of aryl methyl sites for hydroxylation is 1. The number of fused-ring (bicyclic) bond motifs is 1. The predicted molar refractivity (Wildman–Crippen MR) is 50.8 cm³/mol. The smallest absolute Gasteiger partial charge is 0.145 e. The molecule has 0 aliphatic heterocycles. The van der Waals surface area contributed by atoms with E-state index < -0.39 is 0 Å². The van der Waals surface area contributed by atoms with E-state index in [0.29, 0.717) is 0 Å². The summed E-state index contributed by atoms with van der Waals surface area (Å²) in [5, 5.41) is 0. The molecular formula is C10H11N2O. The van der Waals surface area contributed by atoms with Gasteiger partial charge < -0.3 is 9.30 Å². The van der Waals surface area contributed by atoms with Crippen molar-refractivity contribution >= 4 is 11.0 Å². The first-order valence-corrected chi connectivity index (χ1v) is 4.25. The van der Waals surface area contributed by atoms with Crippen LogP contribution in [0.25, 0.3) is 11.0 Å². The Morgan fingerprint density at radius 2 is 2.38 bits per heavy atom. The van der Waals surface area contributed by atoms with Gasteiger partial charge in [0.1, 0.15) is 11.3 Å². The number of imidazole rings is 1. The van der Waals surface area contributed by atoms with E-state index in [-0.39, 0.29) is 0 Å². The Morgan fingerprint density at radius 1 is 1.54 bits per heavy atom. The van der Waals surface area contributed by atoms with Crippen molar-refractivity contribution in [3.05, 3.63) is 24.5 Å². The monoisotopic (exact) mass is 175 g/mol. The van der Waals surface area contributed by atoms with Gasteiger partial charge in [-0.1, -0.05) is 0 Å². The Labute approximate surface area is 77.0 Å². The SMILES string of the molecule is CCn1cnc2c[c]cc(OC)c21. The maximum Gasteiger partial charge on any atom is 0.145 e. The third-order valence-corrected chi connectivity index (χ3v) is 2.09. The minimum absolute atomic E-state index is 0.830. The number of hydrogen-bond acceptors (Lipinski definition) is 2. The quantitative estimate of drug-likeness (QED) is 0.696. The Morgan fingerprint density at radius 3 is 3.08 bits per heavy atom. The maximum absolute atomic E-state index is 5.24. The van der Waals surface area contributed by atoms with Crippen molar-refractivity contribution in [1.29, 1.82) is 0 Å². The number of benzene rings is 1. The zero-order chi connectivity index (χ0) is 9.26. The van der Waals surface area contributed by atoms with Crippen LogP contribution in [0.4, 0.5) is 0 Å². The molecule has 13 heavy (non-hydrogen) atoms. The van der Waals surface area contributed by atoms with Crippen LogP contribution in [-0.4, -0.2) is 16.7 Å². The van der Waals surface area contributed by atoms with Gasteiger partial charge in [0.25, 0.3) is 0 Å². The first kappa shape index (κ1) is 8.10. The van der Waals surface area contributed by atoms with E-state index in [9.17, 15) is 0 Å². The number of methoxy groups -OCH3 is 1. The fourth-order valence-electron chi connectivity index (χ4n) is 1.43. The van der Waals surface area contributed by atoms with Crippen LogP contribution in [0.5, 0.6) is 5.75 Å². The summed E-state index contributed by atoms with van der Waals surface area (Å²) in [6.07, 6.45) is 1.82. The summed E-state index contributed by atoms with van der Waals surface area (Å²) in [7, 11) is 1.66. The average Bonchev–Trinajstić information content (AvgIpc) is 2.60. The minimum atomic E-state index is 0.830. The lowest BCUT2D eigenvalue weighted by Crippen LogP contribution is -1.93. The highest BCUT2D eigenvalue weighted by Crippen LogP contribution is 2.23. The van der Waals surface area contributed by atoms with Gasteiger partial charge in [0.15, 0.2) is 0 Å². The van der Waals surface area contributed by atoms with Crippen molar-refractivity contribution in [3.8, 4) is 5.75 Å². The summed E-state index contributed by atoms with van der Waals surface area (Å²) < 4.78 is 7.29.